The predicted molar refractivity (Wildman–Crippen MR) is 104 cm³/mol. The average molecular weight is 351 g/mol. The third-order valence-corrected chi connectivity index (χ3v) is 4.44. The van der Waals surface area contributed by atoms with Gasteiger partial charge in [-0.25, -0.2) is 0 Å². The number of rotatable bonds is 5. The van der Waals surface area contributed by atoms with Crippen molar-refractivity contribution in [2.24, 2.45) is 4.99 Å². The molecule has 1 aliphatic rings. The maximum Gasteiger partial charge on any atom is 0.246 e. The summed E-state index contributed by atoms with van der Waals surface area (Å²) >= 11 is 0. The van der Waals surface area contributed by atoms with Crippen LogP contribution in [0.15, 0.2) is 53.7 Å². The number of carbonyl (C=O) groups excluding carboxylic acids is 1. The van der Waals surface area contributed by atoms with E-state index in [0.717, 1.165) is 37.2 Å². The van der Waals surface area contributed by atoms with Gasteiger partial charge in [0.05, 0.1) is 6.54 Å². The first-order valence-corrected chi connectivity index (χ1v) is 9.00. The molecule has 26 heavy (non-hydrogen) atoms. The highest BCUT2D eigenvalue weighted by atomic mass is 16.2. The molecule has 0 saturated carbocycles. The number of aromatic nitrogens is 1. The van der Waals surface area contributed by atoms with Crippen molar-refractivity contribution in [3.05, 3.63) is 59.9 Å². The van der Waals surface area contributed by atoms with Crippen LogP contribution in [0, 0.1) is 0 Å². The zero-order valence-corrected chi connectivity index (χ0v) is 15.1. The number of nitrogens with zero attached hydrogens (tertiary/aromatic N) is 3. The van der Waals surface area contributed by atoms with Crippen molar-refractivity contribution in [2.45, 2.75) is 19.3 Å². The molecular weight excluding hydrogens is 326 g/mol. The number of hydrogen-bond donors (Lipinski definition) is 2. The fourth-order valence-electron chi connectivity index (χ4n) is 3.12. The first-order valence-electron chi connectivity index (χ1n) is 9.00. The number of guanidine groups is 1. The van der Waals surface area contributed by atoms with Crippen molar-refractivity contribution in [1.29, 1.82) is 0 Å². The molecule has 1 amide bonds. The first kappa shape index (κ1) is 17.9. The molecule has 2 heterocycles. The van der Waals surface area contributed by atoms with Crippen molar-refractivity contribution < 1.29 is 4.79 Å². The highest BCUT2D eigenvalue weighted by Gasteiger charge is 2.21. The Hall–Kier alpha value is -2.89. The van der Waals surface area contributed by atoms with Crippen molar-refractivity contribution in [2.75, 3.05) is 31.6 Å². The molecule has 0 unspecified atom stereocenters. The first-order chi connectivity index (χ1) is 12.8. The van der Waals surface area contributed by atoms with Gasteiger partial charge in [0.2, 0.25) is 5.91 Å². The van der Waals surface area contributed by atoms with Gasteiger partial charge in [-0.15, -0.1) is 0 Å². The van der Waals surface area contributed by atoms with Crippen LogP contribution in [0.5, 0.6) is 0 Å². The molecule has 3 rings (SSSR count). The second-order valence-corrected chi connectivity index (χ2v) is 6.20. The van der Waals surface area contributed by atoms with Gasteiger partial charge >= 0.3 is 0 Å². The lowest BCUT2D eigenvalue weighted by Gasteiger charge is -2.29. The van der Waals surface area contributed by atoms with Crippen molar-refractivity contribution in [1.82, 2.24) is 15.6 Å². The molecule has 0 bridgehead atoms. The minimum Gasteiger partial charge on any atom is -0.356 e. The van der Waals surface area contributed by atoms with E-state index in [1.807, 2.05) is 41.3 Å². The van der Waals surface area contributed by atoms with Crippen LogP contribution in [0.4, 0.5) is 5.69 Å². The van der Waals surface area contributed by atoms with E-state index in [-0.39, 0.29) is 12.5 Å². The van der Waals surface area contributed by atoms with Crippen LogP contribution in [0.3, 0.4) is 0 Å². The molecule has 1 aromatic carbocycles. The molecule has 0 spiro atoms. The second-order valence-electron chi connectivity index (χ2n) is 6.20. The Bertz CT molecular complexity index is 760. The van der Waals surface area contributed by atoms with E-state index < -0.39 is 0 Å². The predicted octanol–water partition coefficient (Wildman–Crippen LogP) is 1.77. The van der Waals surface area contributed by atoms with E-state index in [1.54, 1.807) is 13.2 Å². The molecule has 1 aliphatic heterocycles. The van der Waals surface area contributed by atoms with Crippen LogP contribution in [0.25, 0.3) is 0 Å². The molecule has 6 heteroatoms. The van der Waals surface area contributed by atoms with E-state index in [1.165, 1.54) is 5.56 Å². The number of carbonyl (C=O) groups is 1. The van der Waals surface area contributed by atoms with E-state index in [9.17, 15) is 4.79 Å². The number of fused-ring (bicyclic) bond motifs is 1. The van der Waals surface area contributed by atoms with Gasteiger partial charge in [0.15, 0.2) is 5.96 Å². The van der Waals surface area contributed by atoms with E-state index in [4.69, 9.17) is 0 Å². The largest absolute Gasteiger partial charge is 0.356 e. The second kappa shape index (κ2) is 8.99. The third kappa shape index (κ3) is 4.59. The summed E-state index contributed by atoms with van der Waals surface area (Å²) in [6, 6.07) is 14.0. The molecular formula is C20H25N5O. The van der Waals surface area contributed by atoms with Crippen molar-refractivity contribution in [3.63, 3.8) is 0 Å². The number of amides is 1. The van der Waals surface area contributed by atoms with Gasteiger partial charge in [0.25, 0.3) is 0 Å². The van der Waals surface area contributed by atoms with E-state index in [0.29, 0.717) is 12.5 Å². The molecule has 0 saturated heterocycles. The van der Waals surface area contributed by atoms with E-state index >= 15 is 0 Å². The summed E-state index contributed by atoms with van der Waals surface area (Å²) in [4.78, 5) is 23.0. The fourth-order valence-corrected chi connectivity index (χ4v) is 3.12. The van der Waals surface area contributed by atoms with Gasteiger partial charge in [-0.05, 0) is 36.6 Å². The Morgan fingerprint density at radius 3 is 2.85 bits per heavy atom. The summed E-state index contributed by atoms with van der Waals surface area (Å²) in [6.07, 6.45) is 4.62. The van der Waals surface area contributed by atoms with Gasteiger partial charge in [-0.2, -0.15) is 0 Å². The summed E-state index contributed by atoms with van der Waals surface area (Å²) in [5, 5.41) is 6.33. The number of aryl methyl sites for hydroxylation is 1. The topological polar surface area (TPSA) is 69.6 Å². The summed E-state index contributed by atoms with van der Waals surface area (Å²) in [6.45, 7) is 1.69. The highest BCUT2D eigenvalue weighted by molar-refractivity contribution is 5.98. The lowest BCUT2D eigenvalue weighted by Crippen LogP contribution is -2.46. The standard InChI is InChI=1S/C20H25N5O/c1-21-20(23-13-11-17-9-4-5-12-22-17)24-15-19(26)25-14-6-8-16-7-2-3-10-18(16)25/h2-5,7,9-10,12H,6,8,11,13-15H2,1H3,(H2,21,23,24). The molecule has 6 nitrogen and oxygen atoms in total. The van der Waals surface area contributed by atoms with E-state index in [2.05, 4.69) is 26.7 Å². The Morgan fingerprint density at radius 1 is 1.19 bits per heavy atom. The number of aliphatic imine (C=N–C) groups is 1. The summed E-state index contributed by atoms with van der Waals surface area (Å²) in [5.41, 5.74) is 3.30. The van der Waals surface area contributed by atoms with Gasteiger partial charge in [0, 0.05) is 44.1 Å². The molecule has 0 aliphatic carbocycles. The lowest BCUT2D eigenvalue weighted by molar-refractivity contribution is -0.117. The van der Waals surface area contributed by atoms with Crippen LogP contribution in [0.1, 0.15) is 17.7 Å². The Morgan fingerprint density at radius 2 is 2.04 bits per heavy atom. The normalized spacial score (nSPS) is 13.9. The van der Waals surface area contributed by atoms with Crippen LogP contribution in [-0.2, 0) is 17.6 Å². The lowest BCUT2D eigenvalue weighted by atomic mass is 10.0. The Kier molecular flexibility index (Phi) is 6.19. The van der Waals surface area contributed by atoms with Crippen LogP contribution in [0.2, 0.25) is 0 Å². The SMILES string of the molecule is CN=C(NCCc1ccccn1)NCC(=O)N1CCCc2ccccc21. The smallest absolute Gasteiger partial charge is 0.246 e. The number of para-hydroxylation sites is 1. The molecule has 2 N–H and O–H groups in total. The third-order valence-electron chi connectivity index (χ3n) is 4.44. The fraction of sp³-hybridized carbons (Fsp3) is 0.350. The minimum absolute atomic E-state index is 0.0600. The Labute approximate surface area is 154 Å². The number of hydrogen-bond acceptors (Lipinski definition) is 3. The number of benzene rings is 1. The van der Waals surface area contributed by atoms with Crippen LogP contribution < -0.4 is 15.5 Å². The van der Waals surface area contributed by atoms with Gasteiger partial charge in [-0.3, -0.25) is 14.8 Å². The molecule has 136 valence electrons. The minimum atomic E-state index is 0.0600. The van der Waals surface area contributed by atoms with Gasteiger partial charge in [-0.1, -0.05) is 24.3 Å². The molecule has 0 radical (unpaired) electrons. The number of pyridine rings is 1. The van der Waals surface area contributed by atoms with Crippen LogP contribution in [-0.4, -0.2) is 43.5 Å². The quantitative estimate of drug-likeness (QED) is 0.636. The monoisotopic (exact) mass is 351 g/mol. The zero-order chi connectivity index (χ0) is 18.2. The number of anilines is 1. The molecule has 0 fully saturated rings. The Balaban J connectivity index is 1.49. The van der Waals surface area contributed by atoms with Gasteiger partial charge in [0.1, 0.15) is 0 Å². The van der Waals surface area contributed by atoms with Gasteiger partial charge < -0.3 is 15.5 Å². The summed E-state index contributed by atoms with van der Waals surface area (Å²) in [7, 11) is 1.71. The summed E-state index contributed by atoms with van der Waals surface area (Å²) < 4.78 is 0. The maximum absolute atomic E-state index is 12.6. The molecule has 0 atom stereocenters. The van der Waals surface area contributed by atoms with Crippen LogP contribution >= 0.6 is 0 Å². The van der Waals surface area contributed by atoms with Crippen molar-refractivity contribution in [3.8, 4) is 0 Å². The number of nitrogens with one attached hydrogen (secondary N) is 2. The maximum atomic E-state index is 12.6. The molecule has 2 aromatic rings. The average Bonchev–Trinajstić information content (AvgIpc) is 2.70. The highest BCUT2D eigenvalue weighted by Crippen LogP contribution is 2.26. The molecule has 1 aromatic heterocycles. The zero-order valence-electron chi connectivity index (χ0n) is 15.1. The van der Waals surface area contributed by atoms with Crippen molar-refractivity contribution >= 4 is 17.6 Å². The summed E-state index contributed by atoms with van der Waals surface area (Å²) in [5.74, 6) is 0.685.